The van der Waals surface area contributed by atoms with Crippen molar-refractivity contribution in [2.45, 2.75) is 25.4 Å². The molecule has 1 unspecified atom stereocenters. The molecule has 0 radical (unpaired) electrons. The summed E-state index contributed by atoms with van der Waals surface area (Å²) < 4.78 is 0. The number of rotatable bonds is 3. The van der Waals surface area contributed by atoms with E-state index in [1.165, 1.54) is 12.8 Å². The van der Waals surface area contributed by atoms with Gasteiger partial charge in [-0.25, -0.2) is 0 Å². The summed E-state index contributed by atoms with van der Waals surface area (Å²) in [6.07, 6.45) is 6.62. The quantitative estimate of drug-likeness (QED) is 0.684. The number of aliphatic hydroxyl groups is 1. The Morgan fingerprint density at radius 3 is 3.09 bits per heavy atom. The first kappa shape index (κ1) is 6.85. The Bertz CT molecular complexity index is 216. The zero-order chi connectivity index (χ0) is 7.68. The fourth-order valence-corrected chi connectivity index (χ4v) is 1.25. The molecule has 3 nitrogen and oxygen atoms in total. The Morgan fingerprint density at radius 1 is 1.73 bits per heavy atom. The van der Waals surface area contributed by atoms with Crippen molar-refractivity contribution in [1.29, 1.82) is 0 Å². The lowest BCUT2D eigenvalue weighted by Crippen LogP contribution is -1.96. The summed E-state index contributed by atoms with van der Waals surface area (Å²) in [5, 5.41) is 16.0. The van der Waals surface area contributed by atoms with E-state index in [9.17, 15) is 5.11 Å². The predicted molar refractivity (Wildman–Crippen MR) is 40.9 cm³/mol. The van der Waals surface area contributed by atoms with Crippen molar-refractivity contribution in [2.24, 2.45) is 5.92 Å². The van der Waals surface area contributed by atoms with Crippen LogP contribution in [0.25, 0.3) is 0 Å². The maximum absolute atomic E-state index is 9.56. The van der Waals surface area contributed by atoms with E-state index in [2.05, 4.69) is 10.2 Å². The zero-order valence-corrected chi connectivity index (χ0v) is 6.33. The molecule has 1 heterocycles. The highest BCUT2D eigenvalue weighted by Crippen LogP contribution is 2.37. The zero-order valence-electron chi connectivity index (χ0n) is 6.33. The van der Waals surface area contributed by atoms with Gasteiger partial charge in [0.05, 0.1) is 12.3 Å². The van der Waals surface area contributed by atoms with Crippen LogP contribution in [0.5, 0.6) is 0 Å². The number of aromatic amines is 1. The molecule has 3 heteroatoms. The molecule has 1 atom stereocenters. The van der Waals surface area contributed by atoms with Crippen LogP contribution in [0.15, 0.2) is 12.4 Å². The molecule has 0 bridgehead atoms. The molecule has 2 N–H and O–H groups in total. The van der Waals surface area contributed by atoms with Crippen molar-refractivity contribution in [1.82, 2.24) is 10.2 Å². The second-order valence-electron chi connectivity index (χ2n) is 3.23. The third-order valence-electron chi connectivity index (χ3n) is 2.16. The van der Waals surface area contributed by atoms with Crippen molar-refractivity contribution in [2.75, 3.05) is 0 Å². The first-order chi connectivity index (χ1) is 5.36. The van der Waals surface area contributed by atoms with Gasteiger partial charge in [-0.1, -0.05) is 12.8 Å². The van der Waals surface area contributed by atoms with Gasteiger partial charge < -0.3 is 5.11 Å². The third kappa shape index (κ3) is 1.60. The number of H-pyrrole nitrogens is 1. The highest BCUT2D eigenvalue weighted by Gasteiger charge is 2.25. The van der Waals surface area contributed by atoms with Crippen molar-refractivity contribution < 1.29 is 5.11 Å². The summed E-state index contributed by atoms with van der Waals surface area (Å²) in [5.74, 6) is 0.764. The maximum Gasteiger partial charge on any atom is 0.0823 e. The van der Waals surface area contributed by atoms with E-state index in [-0.39, 0.29) is 6.10 Å². The number of aromatic nitrogens is 2. The molecule has 0 spiro atoms. The minimum absolute atomic E-state index is 0.304. The van der Waals surface area contributed by atoms with Crippen molar-refractivity contribution in [3.05, 3.63) is 18.0 Å². The number of hydrogen-bond donors (Lipinski definition) is 2. The first-order valence-electron chi connectivity index (χ1n) is 4.03. The molecule has 1 aliphatic rings. The summed E-state index contributed by atoms with van der Waals surface area (Å²) in [5.41, 5.74) is 0.914. The lowest BCUT2D eigenvalue weighted by Gasteiger charge is -2.05. The summed E-state index contributed by atoms with van der Waals surface area (Å²) in [6.45, 7) is 0. The van der Waals surface area contributed by atoms with Gasteiger partial charge in [0.25, 0.3) is 0 Å². The number of hydrogen-bond acceptors (Lipinski definition) is 2. The fraction of sp³-hybridized carbons (Fsp3) is 0.625. The minimum Gasteiger partial charge on any atom is -0.388 e. The Hall–Kier alpha value is -0.830. The molecule has 1 saturated carbocycles. The molecule has 0 saturated heterocycles. The first-order valence-corrected chi connectivity index (χ1v) is 4.03. The number of nitrogens with one attached hydrogen (secondary N) is 1. The number of aliphatic hydroxyl groups excluding tert-OH is 1. The van der Waals surface area contributed by atoms with Crippen LogP contribution in [-0.4, -0.2) is 15.3 Å². The third-order valence-corrected chi connectivity index (χ3v) is 2.16. The van der Waals surface area contributed by atoms with Gasteiger partial charge in [0.1, 0.15) is 0 Å². The second kappa shape index (κ2) is 2.66. The summed E-state index contributed by atoms with van der Waals surface area (Å²) in [7, 11) is 0. The molecule has 0 amide bonds. The highest BCUT2D eigenvalue weighted by atomic mass is 16.3. The molecule has 1 aliphatic carbocycles. The van der Waals surface area contributed by atoms with Crippen molar-refractivity contribution in [3.63, 3.8) is 0 Å². The van der Waals surface area contributed by atoms with Crippen LogP contribution in [0.3, 0.4) is 0 Å². The Kier molecular flexibility index (Phi) is 1.66. The molecule has 1 aromatic heterocycles. The fourth-order valence-electron chi connectivity index (χ4n) is 1.25. The van der Waals surface area contributed by atoms with Gasteiger partial charge in [-0.15, -0.1) is 0 Å². The van der Waals surface area contributed by atoms with Gasteiger partial charge >= 0.3 is 0 Å². The van der Waals surface area contributed by atoms with E-state index < -0.39 is 0 Å². The van der Waals surface area contributed by atoms with Crippen LogP contribution in [0.2, 0.25) is 0 Å². The maximum atomic E-state index is 9.56. The summed E-state index contributed by atoms with van der Waals surface area (Å²) in [4.78, 5) is 0. The van der Waals surface area contributed by atoms with Crippen LogP contribution in [0.4, 0.5) is 0 Å². The van der Waals surface area contributed by atoms with Gasteiger partial charge in [0.2, 0.25) is 0 Å². The van der Waals surface area contributed by atoms with Crippen LogP contribution in [0, 0.1) is 5.92 Å². The summed E-state index contributed by atoms with van der Waals surface area (Å²) >= 11 is 0. The molecule has 1 aromatic rings. The Balaban J connectivity index is 1.93. The monoisotopic (exact) mass is 152 g/mol. The molecular weight excluding hydrogens is 140 g/mol. The molecular formula is C8H12N2O. The van der Waals surface area contributed by atoms with Gasteiger partial charge in [0, 0.05) is 11.8 Å². The van der Waals surface area contributed by atoms with E-state index in [0.717, 1.165) is 17.9 Å². The van der Waals surface area contributed by atoms with E-state index in [4.69, 9.17) is 0 Å². The van der Waals surface area contributed by atoms with Crippen LogP contribution in [-0.2, 0) is 0 Å². The average molecular weight is 152 g/mol. The highest BCUT2D eigenvalue weighted by molar-refractivity contribution is 5.07. The van der Waals surface area contributed by atoms with Crippen LogP contribution >= 0.6 is 0 Å². The van der Waals surface area contributed by atoms with Gasteiger partial charge in [0.15, 0.2) is 0 Å². The molecule has 0 aromatic carbocycles. The molecule has 1 fully saturated rings. The van der Waals surface area contributed by atoms with Crippen LogP contribution in [0.1, 0.15) is 30.9 Å². The lowest BCUT2D eigenvalue weighted by molar-refractivity contribution is 0.160. The Morgan fingerprint density at radius 2 is 2.55 bits per heavy atom. The average Bonchev–Trinajstić information content (AvgIpc) is 2.67. The van der Waals surface area contributed by atoms with Gasteiger partial charge in [-0.3, -0.25) is 5.10 Å². The molecule has 11 heavy (non-hydrogen) atoms. The van der Waals surface area contributed by atoms with E-state index >= 15 is 0 Å². The van der Waals surface area contributed by atoms with Gasteiger partial charge in [-0.05, 0) is 12.3 Å². The Labute approximate surface area is 65.4 Å². The normalized spacial score (nSPS) is 20.1. The van der Waals surface area contributed by atoms with E-state index in [0.29, 0.717) is 0 Å². The van der Waals surface area contributed by atoms with Gasteiger partial charge in [-0.2, -0.15) is 5.10 Å². The van der Waals surface area contributed by atoms with E-state index in [1.54, 1.807) is 12.4 Å². The van der Waals surface area contributed by atoms with Crippen LogP contribution < -0.4 is 0 Å². The number of nitrogens with zero attached hydrogens (tertiary/aromatic N) is 1. The largest absolute Gasteiger partial charge is 0.388 e. The SMILES string of the molecule is OC(CC1CC1)c1cn[nH]c1. The lowest BCUT2D eigenvalue weighted by atomic mass is 10.1. The topological polar surface area (TPSA) is 48.9 Å². The minimum atomic E-state index is -0.304. The molecule has 60 valence electrons. The standard InChI is InChI=1S/C8H12N2O/c11-8(3-6-1-2-6)7-4-9-10-5-7/h4-6,8,11H,1-3H2,(H,9,10). The second-order valence-corrected chi connectivity index (χ2v) is 3.23. The van der Waals surface area contributed by atoms with E-state index in [1.807, 2.05) is 0 Å². The van der Waals surface area contributed by atoms with Crippen molar-refractivity contribution in [3.8, 4) is 0 Å². The van der Waals surface area contributed by atoms with Crippen molar-refractivity contribution >= 4 is 0 Å². The molecule has 2 rings (SSSR count). The smallest absolute Gasteiger partial charge is 0.0823 e. The molecule has 0 aliphatic heterocycles. The summed E-state index contributed by atoms with van der Waals surface area (Å²) in [6, 6.07) is 0. The predicted octanol–water partition coefficient (Wildman–Crippen LogP) is 1.24.